The van der Waals surface area contributed by atoms with Crippen molar-refractivity contribution in [3.05, 3.63) is 24.3 Å². The number of sulfonamides is 1. The lowest BCUT2D eigenvalue weighted by atomic mass is 10.3. The molecule has 0 atom stereocenters. The number of rotatable bonds is 3. The first-order valence-electron chi connectivity index (χ1n) is 3.77. The molecule has 0 aliphatic heterocycles. The molecule has 0 fully saturated rings. The van der Waals surface area contributed by atoms with Gasteiger partial charge in [-0.05, 0) is 24.3 Å². The zero-order valence-corrected chi connectivity index (χ0v) is 8.35. The first kappa shape index (κ1) is 9.85. The Bertz CT molecular complexity index is 370. The van der Waals surface area contributed by atoms with E-state index < -0.39 is 10.0 Å². The first-order chi connectivity index (χ1) is 6.01. The fourth-order valence-electron chi connectivity index (χ4n) is 0.919. The minimum Gasteiger partial charge on any atom is -0.388 e. The normalized spacial score (nSPS) is 10.9. The fraction of sp³-hybridized carbons (Fsp3) is 0.250. The van der Waals surface area contributed by atoms with Gasteiger partial charge in [0.2, 0.25) is 10.0 Å². The Labute approximate surface area is 78.0 Å². The van der Waals surface area contributed by atoms with Crippen molar-refractivity contribution in [3.63, 3.8) is 0 Å². The molecular weight excluding hydrogens is 188 g/mol. The number of benzene rings is 1. The second-order valence-electron chi connectivity index (χ2n) is 2.70. The van der Waals surface area contributed by atoms with Gasteiger partial charge in [-0.3, -0.25) is 4.72 Å². The van der Waals surface area contributed by atoms with E-state index in [-0.39, 0.29) is 0 Å². The maximum Gasteiger partial charge on any atom is 0.229 e. The van der Waals surface area contributed by atoms with Gasteiger partial charge in [-0.1, -0.05) is 0 Å². The lowest BCUT2D eigenvalue weighted by Crippen LogP contribution is -2.09. The van der Waals surface area contributed by atoms with Crippen molar-refractivity contribution in [2.75, 3.05) is 23.3 Å². The summed E-state index contributed by atoms with van der Waals surface area (Å²) in [5.41, 5.74) is 1.51. The molecule has 2 N–H and O–H groups in total. The molecule has 0 aliphatic carbocycles. The van der Waals surface area contributed by atoms with E-state index in [0.29, 0.717) is 5.69 Å². The molecule has 0 aromatic heterocycles. The molecule has 5 heteroatoms. The van der Waals surface area contributed by atoms with Crippen molar-refractivity contribution in [1.29, 1.82) is 0 Å². The lowest BCUT2D eigenvalue weighted by molar-refractivity contribution is 0.607. The minimum atomic E-state index is -3.17. The van der Waals surface area contributed by atoms with Crippen molar-refractivity contribution in [1.82, 2.24) is 0 Å². The van der Waals surface area contributed by atoms with Gasteiger partial charge < -0.3 is 5.32 Å². The van der Waals surface area contributed by atoms with Crippen LogP contribution in [0.5, 0.6) is 0 Å². The van der Waals surface area contributed by atoms with Gasteiger partial charge in [-0.25, -0.2) is 8.42 Å². The Morgan fingerprint density at radius 3 is 1.92 bits per heavy atom. The standard InChI is InChI=1S/C8H12N2O2S/c1-9-7-3-5-8(6-4-7)10-13(2,11)12/h3-6,9-10H,1-2H3. The third-order valence-corrected chi connectivity index (χ3v) is 2.08. The van der Waals surface area contributed by atoms with Crippen molar-refractivity contribution in [3.8, 4) is 0 Å². The second-order valence-corrected chi connectivity index (χ2v) is 4.45. The highest BCUT2D eigenvalue weighted by Gasteiger charge is 2.00. The maximum absolute atomic E-state index is 10.8. The van der Waals surface area contributed by atoms with Crippen LogP contribution in [-0.2, 0) is 10.0 Å². The molecule has 0 heterocycles. The molecule has 0 saturated heterocycles. The molecule has 0 amide bonds. The molecule has 0 saturated carbocycles. The summed E-state index contributed by atoms with van der Waals surface area (Å²) < 4.78 is 24.0. The van der Waals surface area contributed by atoms with E-state index in [9.17, 15) is 8.42 Å². The van der Waals surface area contributed by atoms with Crippen LogP contribution in [0.15, 0.2) is 24.3 Å². The minimum absolute atomic E-state index is 0.571. The van der Waals surface area contributed by atoms with Gasteiger partial charge in [-0.2, -0.15) is 0 Å². The summed E-state index contributed by atoms with van der Waals surface area (Å²) in [6.07, 6.45) is 1.12. The Kier molecular flexibility index (Phi) is 2.77. The van der Waals surface area contributed by atoms with Gasteiger partial charge in [0.15, 0.2) is 0 Å². The second kappa shape index (κ2) is 3.66. The van der Waals surface area contributed by atoms with Crippen LogP contribution in [0.25, 0.3) is 0 Å². The predicted octanol–water partition coefficient (Wildman–Crippen LogP) is 1.10. The van der Waals surface area contributed by atoms with Gasteiger partial charge in [0, 0.05) is 18.4 Å². The summed E-state index contributed by atoms with van der Waals surface area (Å²) in [6.45, 7) is 0. The van der Waals surface area contributed by atoms with E-state index in [1.165, 1.54) is 0 Å². The molecule has 0 aliphatic rings. The van der Waals surface area contributed by atoms with Gasteiger partial charge in [0.1, 0.15) is 0 Å². The van der Waals surface area contributed by atoms with E-state index >= 15 is 0 Å². The van der Waals surface area contributed by atoms with E-state index in [4.69, 9.17) is 0 Å². The van der Waals surface area contributed by atoms with E-state index in [2.05, 4.69) is 10.0 Å². The Balaban J connectivity index is 2.81. The van der Waals surface area contributed by atoms with Crippen LogP contribution >= 0.6 is 0 Å². The van der Waals surface area contributed by atoms with Crippen molar-refractivity contribution < 1.29 is 8.42 Å². The summed E-state index contributed by atoms with van der Waals surface area (Å²) in [4.78, 5) is 0. The van der Waals surface area contributed by atoms with Crippen LogP contribution < -0.4 is 10.0 Å². The fourth-order valence-corrected chi connectivity index (χ4v) is 1.48. The summed E-state index contributed by atoms with van der Waals surface area (Å²) in [5, 5.41) is 2.94. The molecule has 0 unspecified atom stereocenters. The topological polar surface area (TPSA) is 58.2 Å². The number of anilines is 2. The van der Waals surface area contributed by atoms with Crippen LogP contribution in [-0.4, -0.2) is 21.7 Å². The highest BCUT2D eigenvalue weighted by Crippen LogP contribution is 2.13. The summed E-state index contributed by atoms with van der Waals surface area (Å²) in [6, 6.07) is 7.00. The monoisotopic (exact) mass is 200 g/mol. The molecule has 13 heavy (non-hydrogen) atoms. The zero-order chi connectivity index (χ0) is 9.90. The highest BCUT2D eigenvalue weighted by molar-refractivity contribution is 7.92. The third-order valence-electron chi connectivity index (χ3n) is 1.48. The summed E-state index contributed by atoms with van der Waals surface area (Å²) in [7, 11) is -1.36. The quantitative estimate of drug-likeness (QED) is 0.768. The molecule has 1 aromatic rings. The maximum atomic E-state index is 10.8. The largest absolute Gasteiger partial charge is 0.388 e. The lowest BCUT2D eigenvalue weighted by Gasteiger charge is -2.04. The van der Waals surface area contributed by atoms with Gasteiger partial charge in [0.05, 0.1) is 6.26 Å². The Morgan fingerprint density at radius 1 is 1.08 bits per heavy atom. The third kappa shape index (κ3) is 3.33. The molecule has 0 bridgehead atoms. The number of hydrogen-bond donors (Lipinski definition) is 2. The van der Waals surface area contributed by atoms with Crippen LogP contribution in [0.3, 0.4) is 0 Å². The summed E-state index contributed by atoms with van der Waals surface area (Å²) >= 11 is 0. The van der Waals surface area contributed by atoms with Crippen molar-refractivity contribution >= 4 is 21.4 Å². The Morgan fingerprint density at radius 2 is 1.54 bits per heavy atom. The zero-order valence-electron chi connectivity index (χ0n) is 7.53. The van der Waals surface area contributed by atoms with Crippen LogP contribution in [0.2, 0.25) is 0 Å². The van der Waals surface area contributed by atoms with Crippen LogP contribution in [0, 0.1) is 0 Å². The average Bonchev–Trinajstić information content (AvgIpc) is 2.03. The number of hydrogen-bond acceptors (Lipinski definition) is 3. The van der Waals surface area contributed by atoms with E-state index in [0.717, 1.165) is 11.9 Å². The van der Waals surface area contributed by atoms with Crippen molar-refractivity contribution in [2.24, 2.45) is 0 Å². The SMILES string of the molecule is CNc1ccc(NS(C)(=O)=O)cc1. The van der Waals surface area contributed by atoms with E-state index in [1.807, 2.05) is 0 Å². The molecule has 0 spiro atoms. The molecule has 0 radical (unpaired) electrons. The molecule has 4 nitrogen and oxygen atoms in total. The Hall–Kier alpha value is -1.23. The number of nitrogens with one attached hydrogen (secondary N) is 2. The molecular formula is C8H12N2O2S. The van der Waals surface area contributed by atoms with Crippen LogP contribution in [0.1, 0.15) is 0 Å². The smallest absolute Gasteiger partial charge is 0.229 e. The van der Waals surface area contributed by atoms with Gasteiger partial charge in [-0.15, -0.1) is 0 Å². The van der Waals surface area contributed by atoms with E-state index in [1.54, 1.807) is 31.3 Å². The van der Waals surface area contributed by atoms with Crippen molar-refractivity contribution in [2.45, 2.75) is 0 Å². The summed E-state index contributed by atoms with van der Waals surface area (Å²) in [5.74, 6) is 0. The molecule has 1 aromatic carbocycles. The van der Waals surface area contributed by atoms with Crippen LogP contribution in [0.4, 0.5) is 11.4 Å². The van der Waals surface area contributed by atoms with Gasteiger partial charge >= 0.3 is 0 Å². The molecule has 1 rings (SSSR count). The molecule has 72 valence electrons. The highest BCUT2D eigenvalue weighted by atomic mass is 32.2. The first-order valence-corrected chi connectivity index (χ1v) is 5.66. The predicted molar refractivity (Wildman–Crippen MR) is 54.5 cm³/mol. The average molecular weight is 200 g/mol. The van der Waals surface area contributed by atoms with Gasteiger partial charge in [0.25, 0.3) is 0 Å².